The van der Waals surface area contributed by atoms with Crippen LogP contribution in [0.3, 0.4) is 0 Å². The molecule has 0 spiro atoms. The maximum Gasteiger partial charge on any atom is 0.264 e. The average Bonchev–Trinajstić information content (AvgIpc) is 3.03. The van der Waals surface area contributed by atoms with Crippen LogP contribution in [0.5, 0.6) is 5.75 Å². The fourth-order valence-electron chi connectivity index (χ4n) is 4.86. The minimum absolute atomic E-state index is 0.0445. The molecule has 0 aliphatic carbocycles. The number of hydrogen-bond donors (Lipinski definition) is 1. The van der Waals surface area contributed by atoms with Crippen molar-refractivity contribution < 1.29 is 27.1 Å². The molecule has 0 radical (unpaired) electrons. The molecule has 4 aromatic rings. The second kappa shape index (κ2) is 15.9. The molecule has 4 rings (SSSR count). The number of sulfonamides is 1. The van der Waals surface area contributed by atoms with Crippen LogP contribution in [-0.4, -0.2) is 50.4 Å². The van der Waals surface area contributed by atoms with Crippen LogP contribution >= 0.6 is 15.9 Å². The van der Waals surface area contributed by atoms with E-state index >= 15 is 0 Å². The summed E-state index contributed by atoms with van der Waals surface area (Å²) in [5.41, 5.74) is 1.79. The largest absolute Gasteiger partial charge is 0.494 e. The highest BCUT2D eigenvalue weighted by Gasteiger charge is 2.35. The van der Waals surface area contributed by atoms with E-state index in [4.69, 9.17) is 4.74 Å². The average molecular weight is 711 g/mol. The highest BCUT2D eigenvalue weighted by Crippen LogP contribution is 2.27. The van der Waals surface area contributed by atoms with Gasteiger partial charge in [-0.05, 0) is 92.6 Å². The van der Waals surface area contributed by atoms with Gasteiger partial charge in [-0.25, -0.2) is 12.8 Å². The van der Waals surface area contributed by atoms with E-state index in [2.05, 4.69) is 21.2 Å². The number of carbonyl (C=O) groups is 2. The molecular weight excluding hydrogens is 673 g/mol. The molecule has 11 heteroatoms. The Bertz CT molecular complexity index is 1700. The molecule has 0 aliphatic heterocycles. The first kappa shape index (κ1) is 34.6. The summed E-state index contributed by atoms with van der Waals surface area (Å²) in [4.78, 5) is 29.5. The number of halogens is 2. The van der Waals surface area contributed by atoms with E-state index in [-0.39, 0.29) is 35.5 Å². The first-order valence-corrected chi connectivity index (χ1v) is 17.1. The van der Waals surface area contributed by atoms with Gasteiger partial charge >= 0.3 is 0 Å². The third kappa shape index (κ3) is 9.17. The number of amides is 2. The molecule has 242 valence electrons. The monoisotopic (exact) mass is 709 g/mol. The van der Waals surface area contributed by atoms with Crippen molar-refractivity contribution in [3.8, 4) is 5.75 Å². The van der Waals surface area contributed by atoms with Gasteiger partial charge in [0.25, 0.3) is 10.0 Å². The fraction of sp³-hybridized carbons (Fsp3) is 0.257. The number of nitrogens with zero attached hydrogens (tertiary/aromatic N) is 2. The highest BCUT2D eigenvalue weighted by molar-refractivity contribution is 9.10. The molecule has 4 aromatic carbocycles. The number of ether oxygens (including phenoxy) is 1. The minimum Gasteiger partial charge on any atom is -0.494 e. The zero-order valence-electron chi connectivity index (χ0n) is 25.9. The second-order valence-electron chi connectivity index (χ2n) is 10.9. The van der Waals surface area contributed by atoms with Crippen LogP contribution in [0.15, 0.2) is 112 Å². The number of carbonyl (C=O) groups excluding carboxylic acids is 2. The Morgan fingerprint density at radius 1 is 0.870 bits per heavy atom. The van der Waals surface area contributed by atoms with E-state index < -0.39 is 34.3 Å². The maximum absolute atomic E-state index is 14.5. The molecule has 0 bridgehead atoms. The number of benzene rings is 4. The summed E-state index contributed by atoms with van der Waals surface area (Å²) in [6, 6.07) is 26.3. The van der Waals surface area contributed by atoms with Crippen LogP contribution in [0.1, 0.15) is 31.9 Å². The molecule has 1 unspecified atom stereocenters. The molecule has 0 fully saturated rings. The molecule has 0 aliphatic rings. The first-order chi connectivity index (χ1) is 22.0. The van der Waals surface area contributed by atoms with E-state index in [1.165, 1.54) is 4.90 Å². The van der Waals surface area contributed by atoms with Gasteiger partial charge in [-0.15, -0.1) is 0 Å². The van der Waals surface area contributed by atoms with Crippen molar-refractivity contribution in [2.24, 2.45) is 0 Å². The Kier molecular flexibility index (Phi) is 11.9. The van der Waals surface area contributed by atoms with Gasteiger partial charge in [-0.3, -0.25) is 13.9 Å². The molecule has 8 nitrogen and oxygen atoms in total. The lowest BCUT2D eigenvalue weighted by Crippen LogP contribution is -2.54. The highest BCUT2D eigenvalue weighted by atomic mass is 79.9. The van der Waals surface area contributed by atoms with Crippen LogP contribution in [0.2, 0.25) is 0 Å². The Balaban J connectivity index is 1.80. The Labute approximate surface area is 278 Å². The van der Waals surface area contributed by atoms with Crippen molar-refractivity contribution >= 4 is 43.5 Å². The summed E-state index contributed by atoms with van der Waals surface area (Å²) in [6.07, 6.45) is 0.204. The van der Waals surface area contributed by atoms with E-state index in [0.29, 0.717) is 12.4 Å². The predicted molar refractivity (Wildman–Crippen MR) is 180 cm³/mol. The molecule has 0 saturated heterocycles. The summed E-state index contributed by atoms with van der Waals surface area (Å²) < 4.78 is 49.3. The van der Waals surface area contributed by atoms with E-state index in [0.717, 1.165) is 44.2 Å². The number of anilines is 1. The van der Waals surface area contributed by atoms with Crippen molar-refractivity contribution in [1.82, 2.24) is 10.2 Å². The van der Waals surface area contributed by atoms with E-state index in [1.54, 1.807) is 24.3 Å². The molecule has 1 N–H and O–H groups in total. The SMILES string of the molecule is CCOc1ccc(N(CC(=O)N(Cc2ccc(Br)cc2)C(Cc2ccccc2)C(=O)NC(C)C)S(=O)(=O)c2ccc(F)cc2)cc1. The van der Waals surface area contributed by atoms with Crippen molar-refractivity contribution in [1.29, 1.82) is 0 Å². The summed E-state index contributed by atoms with van der Waals surface area (Å²) in [5.74, 6) is -1.02. The molecule has 0 heterocycles. The zero-order valence-corrected chi connectivity index (χ0v) is 28.3. The minimum atomic E-state index is -4.36. The zero-order chi connectivity index (χ0) is 33.3. The quantitative estimate of drug-likeness (QED) is 0.165. The third-order valence-electron chi connectivity index (χ3n) is 7.08. The van der Waals surface area contributed by atoms with Crippen molar-refractivity contribution in [2.45, 2.75) is 50.7 Å². The lowest BCUT2D eigenvalue weighted by Gasteiger charge is -2.34. The van der Waals surface area contributed by atoms with E-state index in [1.807, 2.05) is 75.4 Å². The number of hydrogen-bond acceptors (Lipinski definition) is 5. The predicted octanol–water partition coefficient (Wildman–Crippen LogP) is 6.35. The van der Waals surface area contributed by atoms with Gasteiger partial charge < -0.3 is 15.0 Å². The normalized spacial score (nSPS) is 12.0. The summed E-state index contributed by atoms with van der Waals surface area (Å²) in [6.45, 7) is 5.34. The number of rotatable bonds is 14. The molecule has 46 heavy (non-hydrogen) atoms. The van der Waals surface area contributed by atoms with Crippen LogP contribution in [0, 0.1) is 5.82 Å². The van der Waals surface area contributed by atoms with Gasteiger partial charge in [-0.1, -0.05) is 58.4 Å². The molecule has 0 aromatic heterocycles. The first-order valence-electron chi connectivity index (χ1n) is 14.9. The topological polar surface area (TPSA) is 96.0 Å². The van der Waals surface area contributed by atoms with Gasteiger partial charge in [0.1, 0.15) is 24.2 Å². The van der Waals surface area contributed by atoms with Crippen LogP contribution < -0.4 is 14.4 Å². The second-order valence-corrected chi connectivity index (χ2v) is 13.7. The van der Waals surface area contributed by atoms with Crippen molar-refractivity contribution in [2.75, 3.05) is 17.5 Å². The van der Waals surface area contributed by atoms with E-state index in [9.17, 15) is 22.4 Å². The lowest BCUT2D eigenvalue weighted by atomic mass is 10.0. The lowest BCUT2D eigenvalue weighted by molar-refractivity contribution is -0.140. The van der Waals surface area contributed by atoms with Gasteiger partial charge in [-0.2, -0.15) is 0 Å². The summed E-state index contributed by atoms with van der Waals surface area (Å²) in [5, 5.41) is 2.94. The molecule has 1 atom stereocenters. The Hall–Kier alpha value is -4.22. The third-order valence-corrected chi connectivity index (χ3v) is 9.40. The van der Waals surface area contributed by atoms with Gasteiger partial charge in [0.05, 0.1) is 17.2 Å². The maximum atomic E-state index is 14.5. The van der Waals surface area contributed by atoms with Crippen molar-refractivity contribution in [3.63, 3.8) is 0 Å². The van der Waals surface area contributed by atoms with Crippen molar-refractivity contribution in [3.05, 3.63) is 125 Å². The summed E-state index contributed by atoms with van der Waals surface area (Å²) in [7, 11) is -4.36. The molecule has 2 amide bonds. The Morgan fingerprint density at radius 2 is 1.50 bits per heavy atom. The fourth-order valence-corrected chi connectivity index (χ4v) is 6.54. The molecule has 0 saturated carbocycles. The smallest absolute Gasteiger partial charge is 0.264 e. The van der Waals surface area contributed by atoms with Gasteiger partial charge in [0, 0.05) is 23.5 Å². The van der Waals surface area contributed by atoms with Gasteiger partial charge in [0.15, 0.2) is 0 Å². The van der Waals surface area contributed by atoms with Crippen LogP contribution in [-0.2, 0) is 32.6 Å². The van der Waals surface area contributed by atoms with Crippen LogP contribution in [0.25, 0.3) is 0 Å². The standard InChI is InChI=1S/C35H37BrFN3O5S/c1-4-45-31-18-16-30(17-19-31)40(46(43,44)32-20-14-29(37)15-21-32)24-34(41)39(23-27-10-12-28(36)13-11-27)33(35(42)38-25(2)3)22-26-8-6-5-7-9-26/h5-21,25,33H,4,22-24H2,1-3H3,(H,38,42). The number of nitrogens with one attached hydrogen (secondary N) is 1. The summed E-state index contributed by atoms with van der Waals surface area (Å²) >= 11 is 3.44. The molecular formula is C35H37BrFN3O5S. The van der Waals surface area contributed by atoms with Gasteiger partial charge in [0.2, 0.25) is 11.8 Å². The van der Waals surface area contributed by atoms with Crippen LogP contribution in [0.4, 0.5) is 10.1 Å². The Morgan fingerprint density at radius 3 is 2.09 bits per heavy atom.